The van der Waals surface area contributed by atoms with E-state index in [1.165, 1.54) is 7.05 Å². The van der Waals surface area contributed by atoms with E-state index in [9.17, 15) is 9.59 Å². The highest BCUT2D eigenvalue weighted by molar-refractivity contribution is 6.06. The standard InChI is InChI=1S/C11H17N7O3/c1-5(2)21-11-15-9(14-10(16-11)17-12)13-6-4-7(19)18(3)8(6)20/h5-6H,4,12H2,1-3H3,(H2,13,14,15,16,17). The van der Waals surface area contributed by atoms with Crippen molar-refractivity contribution in [3.8, 4) is 6.01 Å². The van der Waals surface area contributed by atoms with Crippen LogP contribution in [0.1, 0.15) is 20.3 Å². The first kappa shape index (κ1) is 14.9. The number of likely N-dealkylation sites (N-methyl/N-ethyl adjacent to an activating group) is 1. The van der Waals surface area contributed by atoms with Gasteiger partial charge in [0.1, 0.15) is 6.04 Å². The molecule has 1 saturated heterocycles. The largest absolute Gasteiger partial charge is 0.461 e. The summed E-state index contributed by atoms with van der Waals surface area (Å²) in [4.78, 5) is 36.3. The minimum Gasteiger partial charge on any atom is -0.461 e. The first-order valence-corrected chi connectivity index (χ1v) is 6.37. The number of nitrogens with zero attached hydrogens (tertiary/aromatic N) is 4. The molecular formula is C11H17N7O3. The summed E-state index contributed by atoms with van der Waals surface area (Å²) in [6.45, 7) is 3.64. The summed E-state index contributed by atoms with van der Waals surface area (Å²) in [5.41, 5.74) is 2.29. The molecule has 2 heterocycles. The van der Waals surface area contributed by atoms with Crippen molar-refractivity contribution in [2.45, 2.75) is 32.4 Å². The highest BCUT2D eigenvalue weighted by atomic mass is 16.5. The molecule has 0 spiro atoms. The van der Waals surface area contributed by atoms with Crippen molar-refractivity contribution in [2.24, 2.45) is 5.84 Å². The molecule has 4 N–H and O–H groups in total. The Bertz CT molecular complexity index is 563. The Labute approximate surface area is 121 Å². The molecule has 0 radical (unpaired) electrons. The number of nitrogen functional groups attached to an aromatic ring is 1. The molecule has 21 heavy (non-hydrogen) atoms. The van der Waals surface area contributed by atoms with Crippen LogP contribution in [-0.4, -0.2) is 50.9 Å². The molecule has 0 saturated carbocycles. The predicted molar refractivity (Wildman–Crippen MR) is 73.2 cm³/mol. The highest BCUT2D eigenvalue weighted by Gasteiger charge is 2.36. The van der Waals surface area contributed by atoms with Gasteiger partial charge in [-0.1, -0.05) is 0 Å². The number of hydrogen-bond donors (Lipinski definition) is 3. The van der Waals surface area contributed by atoms with Gasteiger partial charge in [-0.3, -0.25) is 19.9 Å². The Hall–Kier alpha value is -2.49. The summed E-state index contributed by atoms with van der Waals surface area (Å²) >= 11 is 0. The van der Waals surface area contributed by atoms with Gasteiger partial charge >= 0.3 is 6.01 Å². The first-order valence-electron chi connectivity index (χ1n) is 6.37. The zero-order valence-corrected chi connectivity index (χ0v) is 12.0. The molecule has 1 aliphatic rings. The van der Waals surface area contributed by atoms with Crippen LogP contribution in [0, 0.1) is 0 Å². The molecule has 0 aliphatic carbocycles. The molecule has 10 heteroatoms. The SMILES string of the molecule is CC(C)Oc1nc(NN)nc(NC2CC(=O)N(C)C2=O)n1. The summed E-state index contributed by atoms with van der Waals surface area (Å²) in [5, 5.41) is 2.79. The Balaban J connectivity index is 2.19. The number of nitrogens with one attached hydrogen (secondary N) is 2. The summed E-state index contributed by atoms with van der Waals surface area (Å²) in [6, 6.07) is -0.636. The molecule has 0 bridgehead atoms. The molecule has 1 atom stereocenters. The lowest BCUT2D eigenvalue weighted by atomic mass is 10.2. The maximum atomic E-state index is 11.8. The van der Waals surface area contributed by atoms with E-state index in [4.69, 9.17) is 10.6 Å². The zero-order chi connectivity index (χ0) is 15.6. The Morgan fingerprint density at radius 2 is 1.95 bits per heavy atom. The van der Waals surface area contributed by atoms with Crippen LogP contribution in [0.4, 0.5) is 11.9 Å². The van der Waals surface area contributed by atoms with Crippen molar-refractivity contribution in [1.82, 2.24) is 19.9 Å². The molecule has 2 rings (SSSR count). The molecule has 1 unspecified atom stereocenters. The van der Waals surface area contributed by atoms with Gasteiger partial charge in [0.05, 0.1) is 12.5 Å². The van der Waals surface area contributed by atoms with Crippen molar-refractivity contribution in [1.29, 1.82) is 0 Å². The monoisotopic (exact) mass is 295 g/mol. The molecule has 1 aromatic rings. The van der Waals surface area contributed by atoms with Gasteiger partial charge in [-0.15, -0.1) is 0 Å². The number of carbonyl (C=O) groups is 2. The number of anilines is 2. The van der Waals surface area contributed by atoms with Crippen LogP contribution in [0.2, 0.25) is 0 Å². The van der Waals surface area contributed by atoms with Gasteiger partial charge in [0.2, 0.25) is 17.8 Å². The second kappa shape index (κ2) is 5.87. The predicted octanol–water partition coefficient (Wildman–Crippen LogP) is -0.886. The van der Waals surface area contributed by atoms with Crippen LogP contribution in [0.3, 0.4) is 0 Å². The number of hydrazine groups is 1. The summed E-state index contributed by atoms with van der Waals surface area (Å²) in [6.07, 6.45) is -0.0843. The van der Waals surface area contributed by atoms with Crippen LogP contribution in [0.25, 0.3) is 0 Å². The number of nitrogens with two attached hydrogens (primary N) is 1. The Morgan fingerprint density at radius 1 is 1.29 bits per heavy atom. The highest BCUT2D eigenvalue weighted by Crippen LogP contribution is 2.17. The lowest BCUT2D eigenvalue weighted by molar-refractivity contribution is -0.136. The van der Waals surface area contributed by atoms with Gasteiger partial charge in [-0.2, -0.15) is 15.0 Å². The third-order valence-electron chi connectivity index (χ3n) is 2.77. The number of amides is 2. The minimum atomic E-state index is -0.706. The zero-order valence-electron chi connectivity index (χ0n) is 12.0. The minimum absolute atomic E-state index is 0.0484. The fraction of sp³-hybridized carbons (Fsp3) is 0.545. The average molecular weight is 295 g/mol. The first-order chi connectivity index (χ1) is 9.90. The maximum Gasteiger partial charge on any atom is 0.323 e. The number of imide groups is 1. The fourth-order valence-electron chi connectivity index (χ4n) is 1.77. The number of hydrogen-bond acceptors (Lipinski definition) is 9. The van der Waals surface area contributed by atoms with Crippen molar-refractivity contribution in [3.63, 3.8) is 0 Å². The van der Waals surface area contributed by atoms with E-state index >= 15 is 0 Å². The molecule has 1 aliphatic heterocycles. The molecule has 1 aromatic heterocycles. The van der Waals surface area contributed by atoms with Crippen LogP contribution < -0.4 is 21.3 Å². The lowest BCUT2D eigenvalue weighted by Crippen LogP contribution is -2.32. The normalized spacial score (nSPS) is 18.3. The molecule has 0 aromatic carbocycles. The van der Waals surface area contributed by atoms with Crippen LogP contribution >= 0.6 is 0 Å². The van der Waals surface area contributed by atoms with Gasteiger partial charge in [0.25, 0.3) is 5.91 Å². The van der Waals surface area contributed by atoms with Gasteiger partial charge < -0.3 is 10.1 Å². The van der Waals surface area contributed by atoms with Crippen LogP contribution in [-0.2, 0) is 9.59 Å². The topological polar surface area (TPSA) is 135 Å². The smallest absolute Gasteiger partial charge is 0.323 e. The number of likely N-dealkylation sites (tertiary alicyclic amines) is 1. The molecule has 114 valence electrons. The third kappa shape index (κ3) is 3.34. The molecule has 1 fully saturated rings. The summed E-state index contributed by atoms with van der Waals surface area (Å²) < 4.78 is 5.37. The third-order valence-corrected chi connectivity index (χ3v) is 2.77. The Kier molecular flexibility index (Phi) is 4.17. The Morgan fingerprint density at radius 3 is 2.48 bits per heavy atom. The van der Waals surface area contributed by atoms with Gasteiger partial charge in [-0.05, 0) is 13.8 Å². The van der Waals surface area contributed by atoms with Gasteiger partial charge in [-0.25, -0.2) is 5.84 Å². The van der Waals surface area contributed by atoms with Crippen molar-refractivity contribution in [3.05, 3.63) is 0 Å². The van der Waals surface area contributed by atoms with Gasteiger partial charge in [0, 0.05) is 7.05 Å². The fourth-order valence-corrected chi connectivity index (χ4v) is 1.77. The van der Waals surface area contributed by atoms with Crippen LogP contribution in [0.15, 0.2) is 0 Å². The van der Waals surface area contributed by atoms with E-state index in [0.717, 1.165) is 4.90 Å². The van der Waals surface area contributed by atoms with E-state index in [-0.39, 0.29) is 42.2 Å². The van der Waals surface area contributed by atoms with E-state index in [0.29, 0.717) is 0 Å². The molecule has 10 nitrogen and oxygen atoms in total. The molecule has 2 amide bonds. The van der Waals surface area contributed by atoms with E-state index in [1.54, 1.807) is 0 Å². The van der Waals surface area contributed by atoms with Crippen molar-refractivity contribution in [2.75, 3.05) is 17.8 Å². The summed E-state index contributed by atoms with van der Waals surface area (Å²) in [5.74, 6) is 4.88. The van der Waals surface area contributed by atoms with Gasteiger partial charge in [0.15, 0.2) is 0 Å². The summed E-state index contributed by atoms with van der Waals surface area (Å²) in [7, 11) is 1.43. The lowest BCUT2D eigenvalue weighted by Gasteiger charge is -2.13. The number of ether oxygens (including phenoxy) is 1. The maximum absolute atomic E-state index is 11.8. The molecular weight excluding hydrogens is 278 g/mol. The second-order valence-electron chi connectivity index (χ2n) is 4.77. The number of rotatable bonds is 5. The van der Waals surface area contributed by atoms with E-state index in [2.05, 4.69) is 25.7 Å². The van der Waals surface area contributed by atoms with E-state index < -0.39 is 6.04 Å². The second-order valence-corrected chi connectivity index (χ2v) is 4.77. The van der Waals surface area contributed by atoms with Crippen LogP contribution in [0.5, 0.6) is 6.01 Å². The quantitative estimate of drug-likeness (QED) is 0.359. The van der Waals surface area contributed by atoms with E-state index in [1.807, 2.05) is 13.8 Å². The van der Waals surface area contributed by atoms with Crippen molar-refractivity contribution >= 4 is 23.7 Å². The van der Waals surface area contributed by atoms with Crippen molar-refractivity contribution < 1.29 is 14.3 Å². The number of carbonyl (C=O) groups excluding carboxylic acids is 2. The number of aromatic nitrogens is 3. The average Bonchev–Trinajstić information content (AvgIpc) is 2.65.